The Balaban J connectivity index is 1.55. The van der Waals surface area contributed by atoms with Gasteiger partial charge in [-0.1, -0.05) is 0 Å². The summed E-state index contributed by atoms with van der Waals surface area (Å²) in [6.07, 6.45) is 4.88. The first-order valence-electron chi connectivity index (χ1n) is 7.33. The van der Waals surface area contributed by atoms with E-state index in [0.717, 1.165) is 25.2 Å². The number of amides is 1. The number of likely N-dealkylation sites (tertiary alicyclic amines) is 1. The molecule has 2 N–H and O–H groups in total. The van der Waals surface area contributed by atoms with Crippen molar-refractivity contribution in [3.63, 3.8) is 0 Å². The highest BCUT2D eigenvalue weighted by Crippen LogP contribution is 2.28. The molecule has 3 rings (SSSR count). The molecular formula is C14H22N4OS. The third-order valence-corrected chi connectivity index (χ3v) is 5.39. The molecule has 2 aliphatic rings. The lowest BCUT2D eigenvalue weighted by Gasteiger charge is -2.25. The maximum Gasteiger partial charge on any atom is 0.223 e. The molecular weight excluding hydrogens is 272 g/mol. The number of fused-ring (bicyclic) bond motifs is 2. The standard InChI is InChI=1S/C14H22N4OS/c1-17-11-3-4-12(17)8-18(7-6-11)13(19)5-2-10-9-20-14(15)16-10/h9,11-12H,2-8H2,1H3,(H2,15,16)/t11-,12+/m0/s1. The average molecular weight is 294 g/mol. The molecule has 1 aromatic rings. The first-order valence-corrected chi connectivity index (χ1v) is 8.21. The van der Waals surface area contributed by atoms with E-state index in [4.69, 9.17) is 5.73 Å². The van der Waals surface area contributed by atoms with Gasteiger partial charge in [-0.25, -0.2) is 4.98 Å². The van der Waals surface area contributed by atoms with Crippen LogP contribution in [0.4, 0.5) is 5.13 Å². The highest BCUT2D eigenvalue weighted by atomic mass is 32.1. The van der Waals surface area contributed by atoms with Crippen molar-refractivity contribution >= 4 is 22.4 Å². The van der Waals surface area contributed by atoms with E-state index >= 15 is 0 Å². The molecule has 3 heterocycles. The third-order valence-electron chi connectivity index (χ3n) is 4.67. The molecule has 0 unspecified atom stereocenters. The van der Waals surface area contributed by atoms with Gasteiger partial charge in [-0.15, -0.1) is 11.3 Å². The number of hydrogen-bond acceptors (Lipinski definition) is 5. The van der Waals surface area contributed by atoms with Crippen LogP contribution in [0, 0.1) is 0 Å². The number of carbonyl (C=O) groups is 1. The number of nitrogens with two attached hydrogens (primary N) is 1. The Kier molecular flexibility index (Phi) is 3.94. The predicted molar refractivity (Wildman–Crippen MR) is 80.6 cm³/mol. The summed E-state index contributed by atoms with van der Waals surface area (Å²) in [6, 6.07) is 1.23. The van der Waals surface area contributed by atoms with Crippen LogP contribution in [0.2, 0.25) is 0 Å². The average Bonchev–Trinajstić information content (AvgIpc) is 2.91. The molecule has 20 heavy (non-hydrogen) atoms. The molecule has 2 saturated heterocycles. The molecule has 2 fully saturated rings. The van der Waals surface area contributed by atoms with Crippen molar-refractivity contribution in [2.24, 2.45) is 0 Å². The van der Waals surface area contributed by atoms with Gasteiger partial charge in [0.25, 0.3) is 0 Å². The van der Waals surface area contributed by atoms with Crippen molar-refractivity contribution in [2.45, 2.75) is 44.2 Å². The largest absolute Gasteiger partial charge is 0.375 e. The van der Waals surface area contributed by atoms with Crippen molar-refractivity contribution in [1.29, 1.82) is 0 Å². The first kappa shape index (κ1) is 13.8. The Morgan fingerprint density at radius 2 is 2.25 bits per heavy atom. The Morgan fingerprint density at radius 1 is 1.45 bits per heavy atom. The van der Waals surface area contributed by atoms with Gasteiger partial charge in [-0.05, 0) is 32.7 Å². The Labute approximate surface area is 123 Å². The van der Waals surface area contributed by atoms with E-state index in [1.807, 2.05) is 5.38 Å². The summed E-state index contributed by atoms with van der Waals surface area (Å²) in [5.41, 5.74) is 6.55. The normalized spacial score (nSPS) is 26.8. The van der Waals surface area contributed by atoms with Gasteiger partial charge in [0.1, 0.15) is 0 Å². The number of hydrogen-bond donors (Lipinski definition) is 1. The second-order valence-corrected chi connectivity index (χ2v) is 6.75. The summed E-state index contributed by atoms with van der Waals surface area (Å²) in [5.74, 6) is 0.262. The number of carbonyl (C=O) groups excluding carboxylic acids is 1. The van der Waals surface area contributed by atoms with Crippen LogP contribution >= 0.6 is 11.3 Å². The van der Waals surface area contributed by atoms with Crippen LogP contribution in [0.15, 0.2) is 5.38 Å². The molecule has 2 bridgehead atoms. The van der Waals surface area contributed by atoms with Gasteiger partial charge >= 0.3 is 0 Å². The molecule has 2 aliphatic heterocycles. The Bertz CT molecular complexity index is 489. The van der Waals surface area contributed by atoms with E-state index in [1.54, 1.807) is 0 Å². The van der Waals surface area contributed by atoms with Crippen LogP contribution in [-0.4, -0.2) is 52.9 Å². The topological polar surface area (TPSA) is 62.5 Å². The second kappa shape index (κ2) is 5.69. The maximum absolute atomic E-state index is 12.4. The van der Waals surface area contributed by atoms with Crippen molar-refractivity contribution in [3.8, 4) is 0 Å². The summed E-state index contributed by atoms with van der Waals surface area (Å²) in [5, 5.41) is 2.53. The zero-order valence-corrected chi connectivity index (χ0v) is 12.7. The van der Waals surface area contributed by atoms with Crippen molar-refractivity contribution < 1.29 is 4.79 Å². The molecule has 0 spiro atoms. The number of anilines is 1. The lowest BCUT2D eigenvalue weighted by molar-refractivity contribution is -0.131. The Morgan fingerprint density at radius 3 is 3.00 bits per heavy atom. The molecule has 0 saturated carbocycles. The van der Waals surface area contributed by atoms with E-state index < -0.39 is 0 Å². The quantitative estimate of drug-likeness (QED) is 0.914. The molecule has 5 nitrogen and oxygen atoms in total. The minimum absolute atomic E-state index is 0.262. The van der Waals surface area contributed by atoms with Gasteiger partial charge in [0, 0.05) is 37.0 Å². The second-order valence-electron chi connectivity index (χ2n) is 5.86. The van der Waals surface area contributed by atoms with Gasteiger partial charge in [0.15, 0.2) is 5.13 Å². The SMILES string of the molecule is CN1[C@H]2CC[C@@H]1CN(C(=O)CCc1csc(N)n1)CC2. The van der Waals surface area contributed by atoms with Gasteiger partial charge in [0.2, 0.25) is 5.91 Å². The highest BCUT2D eigenvalue weighted by molar-refractivity contribution is 7.13. The van der Waals surface area contributed by atoms with Crippen molar-refractivity contribution in [2.75, 3.05) is 25.9 Å². The summed E-state index contributed by atoms with van der Waals surface area (Å²) in [4.78, 5) is 21.1. The number of aromatic nitrogens is 1. The monoisotopic (exact) mass is 294 g/mol. The van der Waals surface area contributed by atoms with Gasteiger partial charge in [-0.2, -0.15) is 0 Å². The summed E-state index contributed by atoms with van der Waals surface area (Å²) in [7, 11) is 2.20. The van der Waals surface area contributed by atoms with E-state index in [0.29, 0.717) is 30.1 Å². The number of nitrogens with zero attached hydrogens (tertiary/aromatic N) is 3. The molecule has 1 aromatic heterocycles. The lowest BCUT2D eigenvalue weighted by atomic mass is 10.1. The van der Waals surface area contributed by atoms with Crippen LogP contribution in [-0.2, 0) is 11.2 Å². The lowest BCUT2D eigenvalue weighted by Crippen LogP contribution is -2.39. The molecule has 110 valence electrons. The van der Waals surface area contributed by atoms with Crippen molar-refractivity contribution in [1.82, 2.24) is 14.8 Å². The molecule has 0 aliphatic carbocycles. The summed E-state index contributed by atoms with van der Waals surface area (Å²) in [6.45, 7) is 1.80. The smallest absolute Gasteiger partial charge is 0.223 e. The molecule has 6 heteroatoms. The number of nitrogen functional groups attached to an aromatic ring is 1. The predicted octanol–water partition coefficient (Wildman–Crippen LogP) is 1.35. The fourth-order valence-electron chi connectivity index (χ4n) is 3.37. The fraction of sp³-hybridized carbons (Fsp3) is 0.714. The van der Waals surface area contributed by atoms with E-state index in [1.165, 1.54) is 24.2 Å². The third kappa shape index (κ3) is 2.81. The van der Waals surface area contributed by atoms with Crippen molar-refractivity contribution in [3.05, 3.63) is 11.1 Å². The van der Waals surface area contributed by atoms with Crippen LogP contribution < -0.4 is 5.73 Å². The van der Waals surface area contributed by atoms with Crippen LogP contribution in [0.25, 0.3) is 0 Å². The van der Waals surface area contributed by atoms with E-state index in [2.05, 4.69) is 21.8 Å². The molecule has 1 amide bonds. The first-order chi connectivity index (χ1) is 9.63. The zero-order chi connectivity index (χ0) is 14.1. The fourth-order valence-corrected chi connectivity index (χ4v) is 3.96. The van der Waals surface area contributed by atoms with Gasteiger partial charge < -0.3 is 10.6 Å². The molecule has 2 atom stereocenters. The van der Waals surface area contributed by atoms with E-state index in [-0.39, 0.29) is 5.91 Å². The minimum atomic E-state index is 0.262. The highest BCUT2D eigenvalue weighted by Gasteiger charge is 2.35. The number of thiazole rings is 1. The molecule has 0 radical (unpaired) electrons. The van der Waals surface area contributed by atoms with Gasteiger partial charge in [0.05, 0.1) is 5.69 Å². The van der Waals surface area contributed by atoms with E-state index in [9.17, 15) is 4.79 Å². The number of likely N-dealkylation sites (N-methyl/N-ethyl adjacent to an activating group) is 1. The molecule has 0 aromatic carbocycles. The number of aryl methyl sites for hydroxylation is 1. The minimum Gasteiger partial charge on any atom is -0.375 e. The summed E-state index contributed by atoms with van der Waals surface area (Å²) >= 11 is 1.44. The van der Waals surface area contributed by atoms with Crippen LogP contribution in [0.5, 0.6) is 0 Å². The number of rotatable bonds is 3. The van der Waals surface area contributed by atoms with Gasteiger partial charge in [-0.3, -0.25) is 9.69 Å². The Hall–Kier alpha value is -1.14. The van der Waals surface area contributed by atoms with Crippen LogP contribution in [0.3, 0.4) is 0 Å². The van der Waals surface area contributed by atoms with Crippen LogP contribution in [0.1, 0.15) is 31.4 Å². The maximum atomic E-state index is 12.4. The summed E-state index contributed by atoms with van der Waals surface area (Å²) < 4.78 is 0. The zero-order valence-electron chi connectivity index (χ0n) is 11.9.